The van der Waals surface area contributed by atoms with Gasteiger partial charge in [0.15, 0.2) is 17.3 Å². The Morgan fingerprint density at radius 3 is 2.75 bits per heavy atom. The normalized spacial score (nSPS) is 13.4. The predicted octanol–water partition coefficient (Wildman–Crippen LogP) is 1.77. The molecule has 5 heteroatoms. The summed E-state index contributed by atoms with van der Waals surface area (Å²) >= 11 is 0. The molecule has 0 radical (unpaired) electrons. The zero-order valence-corrected chi connectivity index (χ0v) is 8.79. The van der Waals surface area contributed by atoms with Gasteiger partial charge in [0, 0.05) is 0 Å². The van der Waals surface area contributed by atoms with Gasteiger partial charge in [0.2, 0.25) is 0 Å². The van der Waals surface area contributed by atoms with Crippen molar-refractivity contribution in [2.24, 2.45) is 0 Å². The molecule has 2 rings (SSSR count). The van der Waals surface area contributed by atoms with E-state index in [1.165, 1.54) is 12.1 Å². The third-order valence-electron chi connectivity index (χ3n) is 2.14. The summed E-state index contributed by atoms with van der Waals surface area (Å²) in [4.78, 5) is 11.5. The van der Waals surface area contributed by atoms with Gasteiger partial charge in [-0.2, -0.15) is 0 Å². The number of hydrogen-bond acceptors (Lipinski definition) is 4. The first kappa shape index (κ1) is 10.7. The average Bonchev–Trinajstić information content (AvgIpc) is 2.30. The lowest BCUT2D eigenvalue weighted by Crippen LogP contribution is -2.19. The number of benzene rings is 1. The fourth-order valence-corrected chi connectivity index (χ4v) is 1.47. The number of hydrogen-bond donors (Lipinski definition) is 0. The summed E-state index contributed by atoms with van der Waals surface area (Å²) in [5.74, 6) is -0.964. The first-order chi connectivity index (χ1) is 7.74. The van der Waals surface area contributed by atoms with Crippen LogP contribution in [0.1, 0.15) is 17.3 Å². The van der Waals surface area contributed by atoms with E-state index in [2.05, 4.69) is 0 Å². The minimum absolute atomic E-state index is 0.0168. The third-order valence-corrected chi connectivity index (χ3v) is 2.14. The van der Waals surface area contributed by atoms with Crippen LogP contribution in [0.3, 0.4) is 0 Å². The Hall–Kier alpha value is -1.78. The molecule has 0 N–H and O–H groups in total. The smallest absolute Gasteiger partial charge is 0.342 e. The Bertz CT molecular complexity index is 417. The zero-order chi connectivity index (χ0) is 11.5. The van der Waals surface area contributed by atoms with Gasteiger partial charge in [-0.05, 0) is 19.1 Å². The van der Waals surface area contributed by atoms with Crippen molar-refractivity contribution in [3.05, 3.63) is 23.5 Å². The van der Waals surface area contributed by atoms with Crippen LogP contribution in [-0.2, 0) is 4.74 Å². The summed E-state index contributed by atoms with van der Waals surface area (Å²) < 4.78 is 28.5. The van der Waals surface area contributed by atoms with Gasteiger partial charge < -0.3 is 14.2 Å². The molecule has 0 unspecified atom stereocenters. The van der Waals surface area contributed by atoms with Gasteiger partial charge in [-0.25, -0.2) is 9.18 Å². The number of carbonyl (C=O) groups is 1. The van der Waals surface area contributed by atoms with Crippen molar-refractivity contribution >= 4 is 5.97 Å². The van der Waals surface area contributed by atoms with Crippen LogP contribution in [0.5, 0.6) is 11.5 Å². The molecule has 0 saturated carbocycles. The lowest BCUT2D eigenvalue weighted by Gasteiger charge is -2.20. The highest BCUT2D eigenvalue weighted by Crippen LogP contribution is 2.36. The molecule has 1 aliphatic heterocycles. The van der Waals surface area contributed by atoms with Crippen LogP contribution in [0.15, 0.2) is 12.1 Å². The van der Waals surface area contributed by atoms with Crippen LogP contribution < -0.4 is 9.47 Å². The largest absolute Gasteiger partial charge is 0.485 e. The van der Waals surface area contributed by atoms with Crippen molar-refractivity contribution in [2.45, 2.75) is 6.92 Å². The Morgan fingerprint density at radius 1 is 1.38 bits per heavy atom. The first-order valence-corrected chi connectivity index (χ1v) is 4.99. The molecule has 1 aromatic carbocycles. The maximum absolute atomic E-state index is 13.3. The standard InChI is InChI=1S/C11H11FO4/c1-2-14-11(13)7-3-4-8(12)10-9(7)15-5-6-16-10/h3-4H,2,5-6H2,1H3. The molecule has 0 fully saturated rings. The van der Waals surface area contributed by atoms with Crippen molar-refractivity contribution in [1.82, 2.24) is 0 Å². The highest BCUT2D eigenvalue weighted by Gasteiger charge is 2.24. The van der Waals surface area contributed by atoms with E-state index in [-0.39, 0.29) is 30.3 Å². The SMILES string of the molecule is CCOC(=O)c1ccc(F)c2c1OCCO2. The van der Waals surface area contributed by atoms with Gasteiger partial charge in [-0.15, -0.1) is 0 Å². The topological polar surface area (TPSA) is 44.8 Å². The molecule has 16 heavy (non-hydrogen) atoms. The fraction of sp³-hybridized carbons (Fsp3) is 0.364. The van der Waals surface area contributed by atoms with Crippen LogP contribution in [0.4, 0.5) is 4.39 Å². The van der Waals surface area contributed by atoms with Crippen LogP contribution in [0.2, 0.25) is 0 Å². The Morgan fingerprint density at radius 2 is 2.06 bits per heavy atom. The van der Waals surface area contributed by atoms with Crippen molar-refractivity contribution in [3.63, 3.8) is 0 Å². The molecule has 0 saturated heterocycles. The summed E-state index contributed by atoms with van der Waals surface area (Å²) in [5.41, 5.74) is 0.193. The average molecular weight is 226 g/mol. The fourth-order valence-electron chi connectivity index (χ4n) is 1.47. The first-order valence-electron chi connectivity index (χ1n) is 4.99. The van der Waals surface area contributed by atoms with Crippen molar-refractivity contribution in [2.75, 3.05) is 19.8 Å². The second-order valence-electron chi connectivity index (χ2n) is 3.17. The number of ether oxygens (including phenoxy) is 3. The summed E-state index contributed by atoms with van der Waals surface area (Å²) in [6.45, 7) is 2.52. The maximum Gasteiger partial charge on any atom is 0.342 e. The number of esters is 1. The lowest BCUT2D eigenvalue weighted by molar-refractivity contribution is 0.0516. The van der Waals surface area contributed by atoms with Crippen LogP contribution in [0, 0.1) is 5.82 Å². The monoisotopic (exact) mass is 226 g/mol. The maximum atomic E-state index is 13.3. The van der Waals surface area contributed by atoms with Gasteiger partial charge >= 0.3 is 5.97 Å². The minimum Gasteiger partial charge on any atom is -0.485 e. The number of rotatable bonds is 2. The molecule has 0 bridgehead atoms. The van der Waals surface area contributed by atoms with E-state index in [9.17, 15) is 9.18 Å². The highest BCUT2D eigenvalue weighted by atomic mass is 19.1. The molecule has 4 nitrogen and oxygen atoms in total. The van der Waals surface area contributed by atoms with E-state index in [4.69, 9.17) is 14.2 Å². The van der Waals surface area contributed by atoms with E-state index in [0.717, 1.165) is 0 Å². The zero-order valence-electron chi connectivity index (χ0n) is 8.79. The molecule has 0 aliphatic carbocycles. The van der Waals surface area contributed by atoms with Gasteiger partial charge in [-0.1, -0.05) is 0 Å². The van der Waals surface area contributed by atoms with Crippen molar-refractivity contribution < 1.29 is 23.4 Å². The summed E-state index contributed by atoms with van der Waals surface area (Å²) in [7, 11) is 0. The molecule has 86 valence electrons. The Kier molecular flexibility index (Phi) is 2.94. The Labute approximate surface area is 91.9 Å². The second kappa shape index (κ2) is 4.38. The van der Waals surface area contributed by atoms with Crippen LogP contribution >= 0.6 is 0 Å². The number of carbonyl (C=O) groups excluding carboxylic acids is 1. The second-order valence-corrected chi connectivity index (χ2v) is 3.17. The van der Waals surface area contributed by atoms with Crippen LogP contribution in [-0.4, -0.2) is 25.8 Å². The van der Waals surface area contributed by atoms with Crippen molar-refractivity contribution in [1.29, 1.82) is 0 Å². The molecule has 0 atom stereocenters. The lowest BCUT2D eigenvalue weighted by atomic mass is 10.1. The van der Waals surface area contributed by atoms with E-state index in [1.54, 1.807) is 6.92 Å². The molecule has 1 heterocycles. The number of halogens is 1. The molecular weight excluding hydrogens is 215 g/mol. The highest BCUT2D eigenvalue weighted by molar-refractivity contribution is 5.93. The van der Waals surface area contributed by atoms with Gasteiger partial charge in [0.25, 0.3) is 0 Å². The van der Waals surface area contributed by atoms with E-state index < -0.39 is 11.8 Å². The van der Waals surface area contributed by atoms with Gasteiger partial charge in [-0.3, -0.25) is 0 Å². The molecule has 0 spiro atoms. The molecule has 0 aromatic heterocycles. The Balaban J connectivity index is 2.42. The van der Waals surface area contributed by atoms with Crippen LogP contribution in [0.25, 0.3) is 0 Å². The minimum atomic E-state index is -0.539. The van der Waals surface area contributed by atoms with E-state index >= 15 is 0 Å². The molecule has 0 amide bonds. The summed E-state index contributed by atoms with van der Waals surface area (Å²) in [6, 6.07) is 2.50. The molecular formula is C11H11FO4. The van der Waals surface area contributed by atoms with E-state index in [1.807, 2.05) is 0 Å². The predicted molar refractivity (Wildman–Crippen MR) is 53.3 cm³/mol. The summed E-state index contributed by atoms with van der Waals surface area (Å²) in [6.07, 6.45) is 0. The third kappa shape index (κ3) is 1.80. The number of fused-ring (bicyclic) bond motifs is 1. The summed E-state index contributed by atoms with van der Waals surface area (Å²) in [5, 5.41) is 0. The van der Waals surface area contributed by atoms with Gasteiger partial charge in [0.1, 0.15) is 18.8 Å². The molecule has 1 aromatic rings. The quantitative estimate of drug-likeness (QED) is 0.721. The van der Waals surface area contributed by atoms with E-state index in [0.29, 0.717) is 6.61 Å². The molecule has 1 aliphatic rings. The van der Waals surface area contributed by atoms with Crippen molar-refractivity contribution in [3.8, 4) is 11.5 Å². The van der Waals surface area contributed by atoms with Gasteiger partial charge in [0.05, 0.1) is 6.61 Å².